The second kappa shape index (κ2) is 6.19. The van der Waals surface area contributed by atoms with Crippen molar-refractivity contribution in [1.82, 2.24) is 0 Å². The molecule has 1 heterocycles. The van der Waals surface area contributed by atoms with Crippen molar-refractivity contribution in [2.24, 2.45) is 0 Å². The molecule has 0 amide bonds. The fraction of sp³-hybridized carbons (Fsp3) is 0.455. The van der Waals surface area contributed by atoms with E-state index in [4.69, 9.17) is 14.6 Å². The topological polar surface area (TPSA) is 165 Å². The molecule has 120 valence electrons. The van der Waals surface area contributed by atoms with Crippen molar-refractivity contribution in [2.45, 2.75) is 24.6 Å². The molecule has 11 nitrogen and oxygen atoms in total. The molecule has 0 saturated carbocycles. The van der Waals surface area contributed by atoms with Gasteiger partial charge in [-0.25, -0.2) is 0 Å². The van der Waals surface area contributed by atoms with E-state index in [1.807, 2.05) is 0 Å². The van der Waals surface area contributed by atoms with Crippen LogP contribution in [0.2, 0.25) is 0 Å². The number of hydrogen-bond donors (Lipinski definition) is 3. The maximum atomic E-state index is 10.8. The van der Waals surface area contributed by atoms with Gasteiger partial charge in [-0.05, 0) is 6.07 Å². The van der Waals surface area contributed by atoms with Crippen molar-refractivity contribution in [3.63, 3.8) is 0 Å². The number of nitro benzene ring substituents is 2. The molecule has 1 aromatic rings. The fourth-order valence-electron chi connectivity index (χ4n) is 1.97. The Morgan fingerprint density at radius 2 is 1.77 bits per heavy atom. The Bertz CT molecular complexity index is 593. The lowest BCUT2D eigenvalue weighted by atomic mass is 10.1. The Morgan fingerprint density at radius 3 is 2.27 bits per heavy atom. The predicted molar refractivity (Wildman–Crippen MR) is 68.1 cm³/mol. The number of aliphatic hydroxyl groups excluding tert-OH is 3. The minimum Gasteiger partial charge on any atom is -0.462 e. The summed E-state index contributed by atoms with van der Waals surface area (Å²) in [6.07, 6.45) is -5.30. The molecule has 1 aromatic carbocycles. The Kier molecular flexibility index (Phi) is 4.51. The van der Waals surface area contributed by atoms with Crippen LogP contribution in [0.3, 0.4) is 0 Å². The zero-order valence-corrected chi connectivity index (χ0v) is 10.9. The average molecular weight is 316 g/mol. The molecule has 11 heteroatoms. The van der Waals surface area contributed by atoms with Crippen molar-refractivity contribution >= 4 is 11.4 Å². The second-order valence-corrected chi connectivity index (χ2v) is 4.49. The number of ether oxygens (including phenoxy) is 2. The first kappa shape index (κ1) is 16.0. The second-order valence-electron chi connectivity index (χ2n) is 4.49. The van der Waals surface area contributed by atoms with Gasteiger partial charge in [-0.3, -0.25) is 20.2 Å². The molecular weight excluding hydrogens is 304 g/mol. The van der Waals surface area contributed by atoms with Crippen molar-refractivity contribution in [3.8, 4) is 5.75 Å². The third-order valence-electron chi connectivity index (χ3n) is 3.09. The number of rotatable bonds is 5. The van der Waals surface area contributed by atoms with Gasteiger partial charge in [-0.15, -0.1) is 0 Å². The molecule has 0 aromatic heterocycles. The average Bonchev–Trinajstić information content (AvgIpc) is 2.74. The summed E-state index contributed by atoms with van der Waals surface area (Å²) in [5.41, 5.74) is -1.49. The summed E-state index contributed by atoms with van der Waals surface area (Å²) in [7, 11) is 0. The summed E-state index contributed by atoms with van der Waals surface area (Å²) >= 11 is 0. The first-order valence-corrected chi connectivity index (χ1v) is 6.07. The summed E-state index contributed by atoms with van der Waals surface area (Å²) in [4.78, 5) is 19.7. The largest absolute Gasteiger partial charge is 0.462 e. The lowest BCUT2D eigenvalue weighted by Gasteiger charge is -2.16. The highest BCUT2D eigenvalue weighted by Crippen LogP contribution is 2.32. The maximum absolute atomic E-state index is 10.8. The minimum atomic E-state index is -1.48. The quantitative estimate of drug-likeness (QED) is 0.471. The number of nitro groups is 2. The van der Waals surface area contributed by atoms with E-state index in [9.17, 15) is 30.4 Å². The van der Waals surface area contributed by atoms with E-state index in [1.54, 1.807) is 0 Å². The molecule has 1 saturated heterocycles. The molecule has 1 fully saturated rings. The van der Waals surface area contributed by atoms with Crippen LogP contribution >= 0.6 is 0 Å². The standard InChI is InChI=1S/C11H12N2O9/c14-4-8-9(15)10(16)11(22-8)21-5-1-2-6(12(17)18)7(3-5)13(19)20/h1-3,8-11,14-16H,4H2/t8-,9-,10+,11+/m0/s1. The van der Waals surface area contributed by atoms with Gasteiger partial charge in [0.1, 0.15) is 24.1 Å². The molecule has 22 heavy (non-hydrogen) atoms. The molecular formula is C11H12N2O9. The van der Waals surface area contributed by atoms with Gasteiger partial charge >= 0.3 is 11.4 Å². The van der Waals surface area contributed by atoms with Gasteiger partial charge in [0, 0.05) is 6.07 Å². The van der Waals surface area contributed by atoms with E-state index in [0.29, 0.717) is 0 Å². The molecule has 4 atom stereocenters. The molecule has 0 radical (unpaired) electrons. The van der Waals surface area contributed by atoms with Gasteiger partial charge in [0.25, 0.3) is 0 Å². The van der Waals surface area contributed by atoms with Gasteiger partial charge in [-0.1, -0.05) is 0 Å². The zero-order chi connectivity index (χ0) is 16.4. The Morgan fingerprint density at radius 1 is 1.14 bits per heavy atom. The Hall–Kier alpha value is -2.34. The summed E-state index contributed by atoms with van der Waals surface area (Å²) in [5, 5.41) is 49.7. The Labute approximate surface area is 122 Å². The molecule has 1 aliphatic rings. The smallest absolute Gasteiger partial charge is 0.349 e. The van der Waals surface area contributed by atoms with Gasteiger partial charge < -0.3 is 24.8 Å². The lowest BCUT2D eigenvalue weighted by molar-refractivity contribution is -0.422. The van der Waals surface area contributed by atoms with E-state index in [0.717, 1.165) is 18.2 Å². The highest BCUT2D eigenvalue weighted by atomic mass is 16.7. The van der Waals surface area contributed by atoms with Gasteiger partial charge in [0.05, 0.1) is 22.5 Å². The molecule has 0 unspecified atom stereocenters. The van der Waals surface area contributed by atoms with Gasteiger partial charge in [0.15, 0.2) is 0 Å². The van der Waals surface area contributed by atoms with Crippen LogP contribution in [0.5, 0.6) is 5.75 Å². The molecule has 0 bridgehead atoms. The third kappa shape index (κ3) is 2.96. The van der Waals surface area contributed by atoms with Crippen LogP contribution in [0, 0.1) is 20.2 Å². The van der Waals surface area contributed by atoms with Crippen molar-refractivity contribution < 1.29 is 34.6 Å². The molecule has 3 N–H and O–H groups in total. The number of aliphatic hydroxyl groups is 3. The van der Waals surface area contributed by atoms with Crippen LogP contribution in [-0.4, -0.2) is 56.4 Å². The highest BCUT2D eigenvalue weighted by Gasteiger charge is 2.44. The minimum absolute atomic E-state index is 0.160. The Balaban J connectivity index is 2.22. The number of benzene rings is 1. The van der Waals surface area contributed by atoms with E-state index in [-0.39, 0.29) is 5.75 Å². The zero-order valence-electron chi connectivity index (χ0n) is 10.9. The van der Waals surface area contributed by atoms with E-state index in [1.165, 1.54) is 0 Å². The SMILES string of the molecule is O=[N+]([O-])c1ccc(O[C@@H]2O[C@@H](CO)[C@H](O)[C@H]2O)cc1[N+](=O)[O-]. The molecule has 0 aliphatic carbocycles. The van der Waals surface area contributed by atoms with Crippen LogP contribution < -0.4 is 4.74 Å². The first-order valence-electron chi connectivity index (χ1n) is 6.07. The summed E-state index contributed by atoms with van der Waals surface area (Å²) in [5.74, 6) is -0.160. The molecule has 0 spiro atoms. The number of hydrogen-bond acceptors (Lipinski definition) is 9. The normalized spacial score (nSPS) is 27.6. The van der Waals surface area contributed by atoms with Gasteiger partial charge in [0.2, 0.25) is 6.29 Å². The van der Waals surface area contributed by atoms with Crippen LogP contribution in [0.1, 0.15) is 0 Å². The molecule has 2 rings (SSSR count). The van der Waals surface area contributed by atoms with Crippen LogP contribution in [-0.2, 0) is 4.74 Å². The van der Waals surface area contributed by atoms with Crippen molar-refractivity contribution in [3.05, 3.63) is 38.4 Å². The summed E-state index contributed by atoms with van der Waals surface area (Å²) in [6.45, 7) is -0.557. The van der Waals surface area contributed by atoms with E-state index in [2.05, 4.69) is 0 Å². The molecule has 1 aliphatic heterocycles. The lowest BCUT2D eigenvalue weighted by Crippen LogP contribution is -2.35. The van der Waals surface area contributed by atoms with Gasteiger partial charge in [-0.2, -0.15) is 0 Å². The van der Waals surface area contributed by atoms with Crippen LogP contribution in [0.15, 0.2) is 18.2 Å². The van der Waals surface area contributed by atoms with Crippen LogP contribution in [0.4, 0.5) is 11.4 Å². The maximum Gasteiger partial charge on any atom is 0.349 e. The van der Waals surface area contributed by atoms with E-state index >= 15 is 0 Å². The van der Waals surface area contributed by atoms with Crippen molar-refractivity contribution in [1.29, 1.82) is 0 Å². The third-order valence-corrected chi connectivity index (χ3v) is 3.09. The monoisotopic (exact) mass is 316 g/mol. The first-order chi connectivity index (χ1) is 10.3. The van der Waals surface area contributed by atoms with Crippen molar-refractivity contribution in [2.75, 3.05) is 6.61 Å². The van der Waals surface area contributed by atoms with Crippen LogP contribution in [0.25, 0.3) is 0 Å². The number of nitrogens with zero attached hydrogens (tertiary/aromatic N) is 2. The predicted octanol–water partition coefficient (Wildman–Crippen LogP) is -0.679. The highest BCUT2D eigenvalue weighted by molar-refractivity contribution is 5.55. The summed E-state index contributed by atoms with van der Waals surface area (Å²) < 4.78 is 10.2. The summed E-state index contributed by atoms with van der Waals surface area (Å²) in [6, 6.07) is 2.79. The van der Waals surface area contributed by atoms with E-state index < -0.39 is 52.4 Å². The fourth-order valence-corrected chi connectivity index (χ4v) is 1.97.